The Morgan fingerprint density at radius 2 is 0.967 bits per heavy atom. The van der Waals surface area contributed by atoms with Crippen LogP contribution in [0.25, 0.3) is 0 Å². The second kappa shape index (κ2) is 21.7. The molecule has 0 spiro atoms. The fourth-order valence-electron chi connectivity index (χ4n) is 4.49. The molecule has 0 fully saturated rings. The second-order valence-corrected chi connectivity index (χ2v) is 10.2. The minimum atomic E-state index is -0.566. The van der Waals surface area contributed by atoms with Crippen LogP contribution in [0.2, 0.25) is 0 Å². The highest BCUT2D eigenvalue weighted by atomic mass is 16.4. The summed E-state index contributed by atoms with van der Waals surface area (Å²) in [6.45, 7) is 9.26. The number of rotatable bonds is 23. The molecule has 0 heterocycles. The Balaban J connectivity index is 3.64. The molecule has 1 N–H and O–H groups in total. The lowest BCUT2D eigenvalue weighted by molar-refractivity contribution is -0.142. The van der Waals surface area contributed by atoms with E-state index in [1.807, 2.05) is 0 Å². The van der Waals surface area contributed by atoms with Gasteiger partial charge in [0, 0.05) is 0 Å². The molecule has 0 saturated carbocycles. The largest absolute Gasteiger partial charge is 0.481 e. The van der Waals surface area contributed by atoms with E-state index >= 15 is 0 Å². The molecule has 180 valence electrons. The van der Waals surface area contributed by atoms with E-state index in [1.165, 1.54) is 103 Å². The zero-order valence-corrected chi connectivity index (χ0v) is 21.2. The van der Waals surface area contributed by atoms with E-state index in [0.717, 1.165) is 37.5 Å². The number of hydrogen-bond donors (Lipinski definition) is 1. The molecule has 3 atom stereocenters. The van der Waals surface area contributed by atoms with Gasteiger partial charge in [0.05, 0.1) is 5.92 Å². The number of carboxylic acid groups (broad SMARTS) is 1. The van der Waals surface area contributed by atoms with Gasteiger partial charge in [-0.1, -0.05) is 143 Å². The van der Waals surface area contributed by atoms with Gasteiger partial charge in [0.1, 0.15) is 0 Å². The summed E-state index contributed by atoms with van der Waals surface area (Å²) >= 11 is 0. The van der Waals surface area contributed by atoms with Gasteiger partial charge >= 0.3 is 5.97 Å². The maximum Gasteiger partial charge on any atom is 0.306 e. The highest BCUT2D eigenvalue weighted by Gasteiger charge is 2.17. The Kier molecular flexibility index (Phi) is 21.3. The molecule has 0 rings (SSSR count). The molecule has 0 aliphatic heterocycles. The fourth-order valence-corrected chi connectivity index (χ4v) is 4.49. The van der Waals surface area contributed by atoms with Crippen molar-refractivity contribution in [1.29, 1.82) is 0 Å². The quantitative estimate of drug-likeness (QED) is 0.166. The second-order valence-electron chi connectivity index (χ2n) is 10.2. The predicted molar refractivity (Wildman–Crippen MR) is 133 cm³/mol. The van der Waals surface area contributed by atoms with Gasteiger partial charge < -0.3 is 5.11 Å². The molecule has 2 heteroatoms. The van der Waals surface area contributed by atoms with Crippen LogP contribution in [0.4, 0.5) is 0 Å². The fraction of sp³-hybridized carbons (Fsp3) is 0.964. The van der Waals surface area contributed by atoms with Crippen LogP contribution in [0.15, 0.2) is 0 Å². The first-order valence-corrected chi connectivity index (χ1v) is 13.7. The highest BCUT2D eigenvalue weighted by molar-refractivity contribution is 5.69. The van der Waals surface area contributed by atoms with Crippen molar-refractivity contribution < 1.29 is 9.90 Å². The molecule has 0 aliphatic carbocycles. The SMILES string of the molecule is CCCCCCCCCCCCC(CCCC(C)CCCCCC(C)CC)C(=O)O. The average molecular weight is 425 g/mol. The van der Waals surface area contributed by atoms with Crippen molar-refractivity contribution in [3.63, 3.8) is 0 Å². The van der Waals surface area contributed by atoms with Crippen LogP contribution >= 0.6 is 0 Å². The number of aliphatic carboxylic acids is 1. The van der Waals surface area contributed by atoms with E-state index in [0.29, 0.717) is 0 Å². The minimum absolute atomic E-state index is 0.109. The first kappa shape index (κ1) is 29.5. The van der Waals surface area contributed by atoms with Crippen LogP contribution in [0, 0.1) is 17.8 Å². The maximum absolute atomic E-state index is 11.6. The van der Waals surface area contributed by atoms with Gasteiger partial charge in [0.15, 0.2) is 0 Å². The molecule has 0 aliphatic rings. The Morgan fingerprint density at radius 3 is 1.50 bits per heavy atom. The summed E-state index contributed by atoms with van der Waals surface area (Å²) in [5.41, 5.74) is 0. The smallest absolute Gasteiger partial charge is 0.306 e. The van der Waals surface area contributed by atoms with E-state index in [2.05, 4.69) is 27.7 Å². The van der Waals surface area contributed by atoms with Gasteiger partial charge in [0.2, 0.25) is 0 Å². The highest BCUT2D eigenvalue weighted by Crippen LogP contribution is 2.23. The van der Waals surface area contributed by atoms with Crippen LogP contribution < -0.4 is 0 Å². The first-order chi connectivity index (χ1) is 14.5. The number of hydrogen-bond acceptors (Lipinski definition) is 1. The summed E-state index contributed by atoms with van der Waals surface area (Å²) in [5, 5.41) is 9.55. The molecule has 0 radical (unpaired) electrons. The lowest BCUT2D eigenvalue weighted by Crippen LogP contribution is -2.14. The minimum Gasteiger partial charge on any atom is -0.481 e. The monoisotopic (exact) mass is 424 g/mol. The van der Waals surface area contributed by atoms with Gasteiger partial charge in [-0.15, -0.1) is 0 Å². The van der Waals surface area contributed by atoms with E-state index in [9.17, 15) is 9.90 Å². The van der Waals surface area contributed by atoms with Crippen molar-refractivity contribution in [1.82, 2.24) is 0 Å². The summed E-state index contributed by atoms with van der Waals surface area (Å²) in [4.78, 5) is 11.6. The molecular weight excluding hydrogens is 368 g/mol. The zero-order chi connectivity index (χ0) is 22.5. The van der Waals surface area contributed by atoms with Crippen molar-refractivity contribution in [2.75, 3.05) is 0 Å². The first-order valence-electron chi connectivity index (χ1n) is 13.7. The van der Waals surface area contributed by atoms with Gasteiger partial charge in [-0.3, -0.25) is 4.79 Å². The third kappa shape index (κ3) is 19.4. The summed E-state index contributed by atoms with van der Waals surface area (Å²) in [6, 6.07) is 0. The van der Waals surface area contributed by atoms with E-state index in [1.54, 1.807) is 0 Å². The van der Waals surface area contributed by atoms with Gasteiger partial charge in [0.25, 0.3) is 0 Å². The van der Waals surface area contributed by atoms with Crippen LogP contribution in [0.5, 0.6) is 0 Å². The molecular formula is C28H56O2. The summed E-state index contributed by atoms with van der Waals surface area (Å²) in [5.74, 6) is 0.955. The number of carboxylic acids is 1. The molecule has 0 amide bonds. The molecule has 3 unspecified atom stereocenters. The summed E-state index contributed by atoms with van der Waals surface area (Å²) in [6.07, 6.45) is 25.3. The summed E-state index contributed by atoms with van der Waals surface area (Å²) in [7, 11) is 0. The number of carbonyl (C=O) groups is 1. The lowest BCUT2D eigenvalue weighted by atomic mass is 9.91. The van der Waals surface area contributed by atoms with Crippen LogP contribution in [-0.4, -0.2) is 11.1 Å². The zero-order valence-electron chi connectivity index (χ0n) is 21.2. The van der Waals surface area contributed by atoms with Crippen LogP contribution in [-0.2, 0) is 4.79 Å². The molecule has 0 aromatic rings. The standard InChI is InChI=1S/C28H56O2/c1-5-7-8-9-10-11-12-13-14-18-23-27(28(29)30)24-19-22-26(4)21-17-15-16-20-25(3)6-2/h25-27H,5-24H2,1-4H3,(H,29,30). The molecule has 30 heavy (non-hydrogen) atoms. The Hall–Kier alpha value is -0.530. The molecule has 0 saturated heterocycles. The van der Waals surface area contributed by atoms with Gasteiger partial charge in [-0.25, -0.2) is 0 Å². The average Bonchev–Trinajstić information content (AvgIpc) is 2.73. The lowest BCUT2D eigenvalue weighted by Gasteiger charge is -2.15. The topological polar surface area (TPSA) is 37.3 Å². The van der Waals surface area contributed by atoms with Gasteiger partial charge in [-0.2, -0.15) is 0 Å². The van der Waals surface area contributed by atoms with Crippen molar-refractivity contribution in [3.8, 4) is 0 Å². The van der Waals surface area contributed by atoms with Gasteiger partial charge in [-0.05, 0) is 24.7 Å². The molecule has 0 aromatic carbocycles. The molecule has 0 bridgehead atoms. The molecule has 0 aromatic heterocycles. The predicted octanol–water partition coefficient (Wildman–Crippen LogP) is 9.80. The van der Waals surface area contributed by atoms with Crippen LogP contribution in [0.3, 0.4) is 0 Å². The van der Waals surface area contributed by atoms with Crippen molar-refractivity contribution in [2.24, 2.45) is 17.8 Å². The van der Waals surface area contributed by atoms with Crippen molar-refractivity contribution >= 4 is 5.97 Å². The third-order valence-electron chi connectivity index (χ3n) is 7.10. The van der Waals surface area contributed by atoms with Crippen molar-refractivity contribution in [3.05, 3.63) is 0 Å². The van der Waals surface area contributed by atoms with E-state index in [-0.39, 0.29) is 5.92 Å². The Bertz CT molecular complexity index is 366. The third-order valence-corrected chi connectivity index (χ3v) is 7.10. The molecule has 2 nitrogen and oxygen atoms in total. The van der Waals surface area contributed by atoms with Crippen LogP contribution in [0.1, 0.15) is 156 Å². The van der Waals surface area contributed by atoms with E-state index in [4.69, 9.17) is 0 Å². The van der Waals surface area contributed by atoms with E-state index < -0.39 is 5.97 Å². The normalized spacial score (nSPS) is 14.5. The van der Waals surface area contributed by atoms with Crippen molar-refractivity contribution in [2.45, 2.75) is 156 Å². The number of unbranched alkanes of at least 4 members (excludes halogenated alkanes) is 11. The maximum atomic E-state index is 11.6. The summed E-state index contributed by atoms with van der Waals surface area (Å²) < 4.78 is 0. The Morgan fingerprint density at radius 1 is 0.567 bits per heavy atom. The Labute approximate surface area is 190 Å².